The summed E-state index contributed by atoms with van der Waals surface area (Å²) in [5.41, 5.74) is 0. The zero-order valence-corrected chi connectivity index (χ0v) is 16.7. The normalized spacial score (nSPS) is 36.2. The molecule has 0 aromatic heterocycles. The fraction of sp³-hybridized carbons (Fsp3) is 0.900. The highest BCUT2D eigenvalue weighted by Gasteiger charge is 2.44. The number of nitrogens with one attached hydrogen (secondary N) is 2. The van der Waals surface area contributed by atoms with Gasteiger partial charge in [0.15, 0.2) is 0 Å². The molecule has 0 bridgehead atoms. The van der Waals surface area contributed by atoms with Gasteiger partial charge in [-0.05, 0) is 45.2 Å². The van der Waals surface area contributed by atoms with E-state index < -0.39 is 0 Å². The molecule has 1 aliphatic carbocycles. The Labute approximate surface area is 162 Å². The van der Waals surface area contributed by atoms with Crippen molar-refractivity contribution in [2.75, 3.05) is 46.3 Å². The van der Waals surface area contributed by atoms with Crippen LogP contribution in [0.3, 0.4) is 0 Å². The number of carbonyl (C=O) groups is 2. The summed E-state index contributed by atoms with van der Waals surface area (Å²) in [7, 11) is 2.14. The summed E-state index contributed by atoms with van der Waals surface area (Å²) in [5.74, 6) is 0.730. The maximum Gasteiger partial charge on any atom is 0.238 e. The third kappa shape index (κ3) is 4.30. The van der Waals surface area contributed by atoms with Crippen molar-refractivity contribution in [3.8, 4) is 0 Å². The Bertz CT molecular complexity index is 520. The van der Waals surface area contributed by atoms with Gasteiger partial charge in [-0.2, -0.15) is 0 Å². The molecule has 3 aliphatic heterocycles. The summed E-state index contributed by atoms with van der Waals surface area (Å²) in [6.45, 7) is 5.41. The van der Waals surface area contributed by atoms with Gasteiger partial charge in [0, 0.05) is 38.6 Å². The number of hydrogen-bond acceptors (Lipinski definition) is 5. The molecule has 4 atom stereocenters. The van der Waals surface area contributed by atoms with Crippen LogP contribution in [0.5, 0.6) is 0 Å². The third-order valence-electron chi connectivity index (χ3n) is 6.99. The highest BCUT2D eigenvalue weighted by atomic mass is 16.2. The minimum absolute atomic E-state index is 0.0468. The summed E-state index contributed by atoms with van der Waals surface area (Å²) in [6.07, 6.45) is 6.98. The molecule has 152 valence electrons. The van der Waals surface area contributed by atoms with E-state index in [9.17, 15) is 9.59 Å². The second-order valence-corrected chi connectivity index (χ2v) is 8.91. The van der Waals surface area contributed by atoms with Crippen LogP contribution in [0.25, 0.3) is 0 Å². The van der Waals surface area contributed by atoms with Crippen LogP contribution in [0.4, 0.5) is 0 Å². The highest BCUT2D eigenvalue weighted by molar-refractivity contribution is 5.81. The van der Waals surface area contributed by atoms with Crippen LogP contribution in [0.2, 0.25) is 0 Å². The van der Waals surface area contributed by atoms with Gasteiger partial charge in [0.25, 0.3) is 0 Å². The fourth-order valence-corrected chi connectivity index (χ4v) is 5.44. The largest absolute Gasteiger partial charge is 0.350 e. The summed E-state index contributed by atoms with van der Waals surface area (Å²) >= 11 is 0. The Morgan fingerprint density at radius 2 is 1.85 bits per heavy atom. The minimum atomic E-state index is -0.0476. The molecule has 0 aromatic carbocycles. The van der Waals surface area contributed by atoms with Crippen molar-refractivity contribution in [2.24, 2.45) is 5.92 Å². The zero-order valence-electron chi connectivity index (χ0n) is 16.7. The van der Waals surface area contributed by atoms with E-state index in [2.05, 4.69) is 32.4 Å². The number of piperidine rings is 1. The number of rotatable bonds is 2. The van der Waals surface area contributed by atoms with Crippen LogP contribution in [-0.2, 0) is 9.59 Å². The molecular formula is C20H35N5O2. The molecule has 3 saturated heterocycles. The van der Waals surface area contributed by atoms with Crippen molar-refractivity contribution in [2.45, 2.75) is 63.2 Å². The van der Waals surface area contributed by atoms with E-state index in [1.54, 1.807) is 0 Å². The van der Waals surface area contributed by atoms with Gasteiger partial charge in [-0.25, -0.2) is 0 Å². The van der Waals surface area contributed by atoms with Gasteiger partial charge in [-0.15, -0.1) is 0 Å². The lowest BCUT2D eigenvalue weighted by Crippen LogP contribution is -2.68. The summed E-state index contributed by atoms with van der Waals surface area (Å²) in [6, 6.07) is 0.258. The highest BCUT2D eigenvalue weighted by Crippen LogP contribution is 2.34. The Hall–Kier alpha value is -1.18. The molecule has 1 saturated carbocycles. The van der Waals surface area contributed by atoms with Gasteiger partial charge < -0.3 is 15.1 Å². The number of likely N-dealkylation sites (N-methyl/N-ethyl adjacent to an activating group) is 1. The third-order valence-corrected chi connectivity index (χ3v) is 6.99. The predicted octanol–water partition coefficient (Wildman–Crippen LogP) is 0.219. The molecule has 7 heteroatoms. The molecule has 0 spiro atoms. The average molecular weight is 378 g/mol. The molecule has 4 aliphatic rings. The van der Waals surface area contributed by atoms with E-state index in [1.807, 2.05) is 0 Å². The van der Waals surface area contributed by atoms with E-state index in [4.69, 9.17) is 0 Å². The molecule has 4 fully saturated rings. The standard InChI is InChI=1S/C20H35N5O2/c1-23-9-11-24(12-10-23)14-19(27)25-17-7-3-2-5-15(17)13-18(26)22-16-6-4-8-21-20(16)25/h15-17,20-21H,2-14H2,1H3,(H,22,26). The molecule has 3 heterocycles. The minimum Gasteiger partial charge on any atom is -0.350 e. The van der Waals surface area contributed by atoms with Crippen molar-refractivity contribution in [3.63, 3.8) is 0 Å². The molecule has 0 radical (unpaired) electrons. The first-order valence-corrected chi connectivity index (χ1v) is 10.9. The molecule has 27 heavy (non-hydrogen) atoms. The second kappa shape index (κ2) is 8.45. The van der Waals surface area contributed by atoms with Crippen molar-refractivity contribution < 1.29 is 9.59 Å². The number of nitrogens with zero attached hydrogens (tertiary/aromatic N) is 3. The van der Waals surface area contributed by atoms with Gasteiger partial charge in [-0.1, -0.05) is 12.8 Å². The number of piperazine rings is 1. The smallest absolute Gasteiger partial charge is 0.238 e. The number of amides is 2. The van der Waals surface area contributed by atoms with Gasteiger partial charge in [0.05, 0.1) is 12.6 Å². The van der Waals surface area contributed by atoms with Crippen molar-refractivity contribution >= 4 is 11.8 Å². The topological polar surface area (TPSA) is 67.9 Å². The quantitative estimate of drug-likeness (QED) is 0.721. The van der Waals surface area contributed by atoms with Gasteiger partial charge >= 0.3 is 0 Å². The van der Waals surface area contributed by atoms with Gasteiger partial charge in [-0.3, -0.25) is 19.8 Å². The van der Waals surface area contributed by atoms with Crippen LogP contribution < -0.4 is 10.6 Å². The molecule has 0 aromatic rings. The molecule has 2 N–H and O–H groups in total. The molecule has 4 rings (SSSR count). The number of fused-ring (bicyclic) bond motifs is 2. The Kier molecular flexibility index (Phi) is 5.99. The van der Waals surface area contributed by atoms with Crippen LogP contribution >= 0.6 is 0 Å². The van der Waals surface area contributed by atoms with Crippen LogP contribution in [0, 0.1) is 5.92 Å². The second-order valence-electron chi connectivity index (χ2n) is 8.91. The van der Waals surface area contributed by atoms with Gasteiger partial charge in [0.2, 0.25) is 11.8 Å². The average Bonchev–Trinajstić information content (AvgIpc) is 2.65. The lowest BCUT2D eigenvalue weighted by atomic mass is 9.79. The van der Waals surface area contributed by atoms with Crippen LogP contribution in [0.1, 0.15) is 44.9 Å². The van der Waals surface area contributed by atoms with E-state index in [0.717, 1.165) is 58.4 Å². The number of carbonyl (C=O) groups excluding carboxylic acids is 2. The lowest BCUT2D eigenvalue weighted by Gasteiger charge is -2.50. The lowest BCUT2D eigenvalue weighted by molar-refractivity contribution is -0.147. The maximum atomic E-state index is 13.5. The van der Waals surface area contributed by atoms with Crippen molar-refractivity contribution in [3.05, 3.63) is 0 Å². The van der Waals surface area contributed by atoms with Gasteiger partial charge in [0.1, 0.15) is 6.17 Å². The summed E-state index contributed by atoms with van der Waals surface area (Å²) in [5, 5.41) is 6.81. The van der Waals surface area contributed by atoms with E-state index in [0.29, 0.717) is 18.9 Å². The Morgan fingerprint density at radius 1 is 1.07 bits per heavy atom. The monoisotopic (exact) mass is 377 g/mol. The van der Waals surface area contributed by atoms with Crippen LogP contribution in [0.15, 0.2) is 0 Å². The van der Waals surface area contributed by atoms with E-state index >= 15 is 0 Å². The first-order chi connectivity index (χ1) is 13.1. The van der Waals surface area contributed by atoms with E-state index in [-0.39, 0.29) is 30.1 Å². The summed E-state index contributed by atoms with van der Waals surface area (Å²) in [4.78, 5) is 32.8. The number of hydrogen-bond donors (Lipinski definition) is 2. The Morgan fingerprint density at radius 3 is 2.67 bits per heavy atom. The zero-order chi connectivity index (χ0) is 18.8. The fourth-order valence-electron chi connectivity index (χ4n) is 5.44. The van der Waals surface area contributed by atoms with E-state index in [1.165, 1.54) is 12.8 Å². The Balaban J connectivity index is 1.54. The molecule has 7 nitrogen and oxygen atoms in total. The predicted molar refractivity (Wildman–Crippen MR) is 104 cm³/mol. The molecule has 2 amide bonds. The first-order valence-electron chi connectivity index (χ1n) is 10.9. The maximum absolute atomic E-state index is 13.5. The van der Waals surface area contributed by atoms with Crippen LogP contribution in [-0.4, -0.2) is 91.1 Å². The van der Waals surface area contributed by atoms with Crippen molar-refractivity contribution in [1.82, 2.24) is 25.3 Å². The summed E-state index contributed by atoms with van der Waals surface area (Å²) < 4.78 is 0. The first kappa shape index (κ1) is 19.2. The van der Waals surface area contributed by atoms with Crippen molar-refractivity contribution in [1.29, 1.82) is 0 Å². The molecule has 4 unspecified atom stereocenters. The SMILES string of the molecule is CN1CCN(CC(=O)N2C3CCCCC3CC(=O)NC3CCCNC32)CC1. The molecular weight excluding hydrogens is 342 g/mol.